The molecule has 0 unspecified atom stereocenters. The lowest BCUT2D eigenvalue weighted by atomic mass is 10.1. The highest BCUT2D eigenvalue weighted by molar-refractivity contribution is 7.90. The molecule has 100 valence electrons. The molecule has 1 heterocycles. The van der Waals surface area contributed by atoms with Gasteiger partial charge in [0.1, 0.15) is 0 Å². The Morgan fingerprint density at radius 1 is 1.21 bits per heavy atom. The Hall–Kier alpha value is -2.08. The highest BCUT2D eigenvalue weighted by atomic mass is 32.2. The van der Waals surface area contributed by atoms with Gasteiger partial charge in [0.25, 0.3) is 0 Å². The van der Waals surface area contributed by atoms with Crippen molar-refractivity contribution in [1.29, 1.82) is 0 Å². The number of methoxy groups -OCH3 is 1. The minimum Gasteiger partial charge on any atom is -0.465 e. The summed E-state index contributed by atoms with van der Waals surface area (Å²) in [6.45, 7) is 0. The third kappa shape index (κ3) is 2.85. The van der Waals surface area contributed by atoms with Crippen molar-refractivity contribution in [1.82, 2.24) is 4.98 Å². The quantitative estimate of drug-likeness (QED) is 0.870. The summed E-state index contributed by atoms with van der Waals surface area (Å²) < 4.78 is 27.3. The van der Waals surface area contributed by atoms with Crippen LogP contribution >= 0.6 is 0 Å². The number of carbonyl (C=O) groups is 1. The van der Waals surface area contributed by atoms with Crippen LogP contribution in [0.4, 0.5) is 0 Å². The Morgan fingerprint density at radius 3 is 2.37 bits per heavy atom. The Balaban J connectivity index is 2.33. The zero-order chi connectivity index (χ0) is 14.0. The largest absolute Gasteiger partial charge is 0.465 e. The van der Waals surface area contributed by atoms with Crippen molar-refractivity contribution in [2.24, 2.45) is 0 Å². The first kappa shape index (κ1) is 13.4. The molecule has 0 aliphatic carbocycles. The highest BCUT2D eigenvalue weighted by Crippen LogP contribution is 2.21. The fraction of sp³-hybridized carbons (Fsp3) is 0.154. The summed E-state index contributed by atoms with van der Waals surface area (Å²) in [5.74, 6) is -0.421. The Morgan fingerprint density at radius 2 is 1.84 bits per heavy atom. The van der Waals surface area contributed by atoms with Gasteiger partial charge in [-0.15, -0.1) is 0 Å². The molecular formula is C13H13NO4S. The number of H-pyrrole nitrogens is 1. The van der Waals surface area contributed by atoms with E-state index in [1.165, 1.54) is 19.2 Å². The first-order valence-electron chi connectivity index (χ1n) is 5.49. The summed E-state index contributed by atoms with van der Waals surface area (Å²) in [6.07, 6.45) is 2.71. The molecule has 1 N–H and O–H groups in total. The van der Waals surface area contributed by atoms with Gasteiger partial charge < -0.3 is 9.72 Å². The first-order valence-corrected chi connectivity index (χ1v) is 7.38. The summed E-state index contributed by atoms with van der Waals surface area (Å²) in [7, 11) is -1.88. The summed E-state index contributed by atoms with van der Waals surface area (Å²) >= 11 is 0. The maximum absolute atomic E-state index is 11.3. The molecule has 1 aromatic heterocycles. The van der Waals surface area contributed by atoms with Crippen LogP contribution in [0.3, 0.4) is 0 Å². The van der Waals surface area contributed by atoms with Gasteiger partial charge in [0.2, 0.25) is 0 Å². The lowest BCUT2D eigenvalue weighted by Gasteiger charge is -2.00. The van der Waals surface area contributed by atoms with Gasteiger partial charge in [-0.3, -0.25) is 0 Å². The maximum Gasteiger partial charge on any atom is 0.339 e. The van der Waals surface area contributed by atoms with Crippen LogP contribution in [-0.4, -0.2) is 32.7 Å². The standard InChI is InChI=1S/C13H13NO4S/c1-18-13(15)10-7-12(14-8-10)9-3-5-11(6-4-9)19(2,16)17/h3-8,14H,1-2H3. The molecule has 5 nitrogen and oxygen atoms in total. The van der Waals surface area contributed by atoms with Crippen molar-refractivity contribution < 1.29 is 17.9 Å². The third-order valence-electron chi connectivity index (χ3n) is 2.70. The molecule has 0 aliphatic rings. The van der Waals surface area contributed by atoms with E-state index in [-0.39, 0.29) is 4.90 Å². The topological polar surface area (TPSA) is 76.2 Å². The normalized spacial score (nSPS) is 11.3. The van der Waals surface area contributed by atoms with Crippen molar-refractivity contribution in [3.05, 3.63) is 42.1 Å². The van der Waals surface area contributed by atoms with Crippen LogP contribution in [0.2, 0.25) is 0 Å². The molecule has 0 radical (unpaired) electrons. The summed E-state index contributed by atoms with van der Waals surface area (Å²) in [5.41, 5.74) is 1.94. The van der Waals surface area contributed by atoms with Crippen LogP contribution < -0.4 is 0 Å². The van der Waals surface area contributed by atoms with E-state index in [0.29, 0.717) is 5.56 Å². The van der Waals surface area contributed by atoms with E-state index in [2.05, 4.69) is 9.72 Å². The summed E-state index contributed by atoms with van der Waals surface area (Å²) in [6, 6.07) is 8.08. The van der Waals surface area contributed by atoms with Crippen molar-refractivity contribution in [3.8, 4) is 11.3 Å². The van der Waals surface area contributed by atoms with Gasteiger partial charge in [-0.05, 0) is 23.8 Å². The Bertz CT molecular complexity index is 698. The second-order valence-electron chi connectivity index (χ2n) is 4.09. The van der Waals surface area contributed by atoms with Crippen LogP contribution in [0.15, 0.2) is 41.4 Å². The zero-order valence-electron chi connectivity index (χ0n) is 10.5. The van der Waals surface area contributed by atoms with E-state index < -0.39 is 15.8 Å². The van der Waals surface area contributed by atoms with Crippen LogP contribution in [-0.2, 0) is 14.6 Å². The van der Waals surface area contributed by atoms with E-state index in [0.717, 1.165) is 17.5 Å². The van der Waals surface area contributed by atoms with Gasteiger partial charge in [-0.1, -0.05) is 12.1 Å². The number of ether oxygens (including phenoxy) is 1. The molecule has 0 saturated carbocycles. The zero-order valence-corrected chi connectivity index (χ0v) is 11.3. The minimum atomic E-state index is -3.20. The number of aromatic amines is 1. The number of benzene rings is 1. The molecule has 0 spiro atoms. The molecule has 0 amide bonds. The molecule has 0 aliphatic heterocycles. The van der Waals surface area contributed by atoms with Gasteiger partial charge in [0.15, 0.2) is 9.84 Å². The molecule has 2 aromatic rings. The van der Waals surface area contributed by atoms with Gasteiger partial charge in [0, 0.05) is 18.1 Å². The van der Waals surface area contributed by atoms with Crippen LogP contribution in [0.5, 0.6) is 0 Å². The predicted molar refractivity (Wildman–Crippen MR) is 70.7 cm³/mol. The SMILES string of the molecule is COC(=O)c1c[nH]c(-c2ccc(S(C)(=O)=O)cc2)c1. The van der Waals surface area contributed by atoms with E-state index in [1.807, 2.05) is 0 Å². The molecule has 6 heteroatoms. The average molecular weight is 279 g/mol. The molecule has 1 aromatic carbocycles. The van der Waals surface area contributed by atoms with Gasteiger partial charge in [-0.2, -0.15) is 0 Å². The Kier molecular flexibility index (Phi) is 3.44. The van der Waals surface area contributed by atoms with Crippen LogP contribution in [0.25, 0.3) is 11.3 Å². The number of sulfone groups is 1. The van der Waals surface area contributed by atoms with Gasteiger partial charge in [0.05, 0.1) is 17.6 Å². The van der Waals surface area contributed by atoms with Crippen molar-refractivity contribution in [3.63, 3.8) is 0 Å². The molecule has 0 fully saturated rings. The van der Waals surface area contributed by atoms with Crippen molar-refractivity contribution in [2.45, 2.75) is 4.90 Å². The lowest BCUT2D eigenvalue weighted by molar-refractivity contribution is 0.0601. The number of carbonyl (C=O) groups excluding carboxylic acids is 1. The van der Waals surface area contributed by atoms with E-state index in [4.69, 9.17) is 0 Å². The number of hydrogen-bond donors (Lipinski definition) is 1. The summed E-state index contributed by atoms with van der Waals surface area (Å²) in [4.78, 5) is 14.5. The molecule has 19 heavy (non-hydrogen) atoms. The lowest BCUT2D eigenvalue weighted by Crippen LogP contribution is -1.98. The molecule has 0 atom stereocenters. The Labute approximate surface area is 111 Å². The number of esters is 1. The second kappa shape index (κ2) is 4.89. The minimum absolute atomic E-state index is 0.260. The summed E-state index contributed by atoms with van der Waals surface area (Å²) in [5, 5.41) is 0. The van der Waals surface area contributed by atoms with E-state index in [9.17, 15) is 13.2 Å². The molecule has 0 bridgehead atoms. The molecular weight excluding hydrogens is 266 g/mol. The van der Waals surface area contributed by atoms with E-state index >= 15 is 0 Å². The van der Waals surface area contributed by atoms with E-state index in [1.54, 1.807) is 24.4 Å². The second-order valence-corrected chi connectivity index (χ2v) is 6.11. The smallest absolute Gasteiger partial charge is 0.339 e. The molecule has 0 saturated heterocycles. The van der Waals surface area contributed by atoms with Gasteiger partial charge >= 0.3 is 5.97 Å². The van der Waals surface area contributed by atoms with Crippen LogP contribution in [0.1, 0.15) is 10.4 Å². The predicted octanol–water partition coefficient (Wildman–Crippen LogP) is 1.87. The number of nitrogens with one attached hydrogen (secondary N) is 1. The average Bonchev–Trinajstić information content (AvgIpc) is 2.86. The van der Waals surface area contributed by atoms with Crippen molar-refractivity contribution in [2.75, 3.05) is 13.4 Å². The maximum atomic E-state index is 11.3. The number of hydrogen-bond acceptors (Lipinski definition) is 4. The monoisotopic (exact) mass is 279 g/mol. The first-order chi connectivity index (χ1) is 8.91. The van der Waals surface area contributed by atoms with Gasteiger partial charge in [-0.25, -0.2) is 13.2 Å². The number of aromatic nitrogens is 1. The molecule has 2 rings (SSSR count). The fourth-order valence-corrected chi connectivity index (χ4v) is 2.31. The number of rotatable bonds is 3. The van der Waals surface area contributed by atoms with Crippen molar-refractivity contribution >= 4 is 15.8 Å². The highest BCUT2D eigenvalue weighted by Gasteiger charge is 2.10. The fourth-order valence-electron chi connectivity index (χ4n) is 1.68. The van der Waals surface area contributed by atoms with Crippen LogP contribution in [0, 0.1) is 0 Å². The third-order valence-corrected chi connectivity index (χ3v) is 3.83.